The minimum Gasteiger partial charge on any atom is -0.399 e. The number of nitrogens with zero attached hydrogens (tertiary/aromatic N) is 2. The molecule has 1 atom stereocenters. The number of hydrogen-bond acceptors (Lipinski definition) is 6. The Morgan fingerprint density at radius 3 is 2.53 bits per heavy atom. The molecule has 0 bridgehead atoms. The van der Waals surface area contributed by atoms with Crippen LogP contribution < -0.4 is 11.5 Å². The molecule has 0 spiro atoms. The van der Waals surface area contributed by atoms with Gasteiger partial charge in [-0.25, -0.2) is 0 Å². The van der Waals surface area contributed by atoms with E-state index in [0.29, 0.717) is 29.0 Å². The van der Waals surface area contributed by atoms with E-state index in [-0.39, 0.29) is 6.10 Å². The molecule has 3 rings (SSSR count). The van der Waals surface area contributed by atoms with Gasteiger partial charge in [-0.05, 0) is 37.0 Å². The van der Waals surface area contributed by atoms with Crippen molar-refractivity contribution in [2.24, 2.45) is 5.92 Å². The zero-order valence-electron chi connectivity index (χ0n) is 10.7. The number of nitrogens with two attached hydrogens (primary N) is 2. The highest BCUT2D eigenvalue weighted by atomic mass is 16.5. The van der Waals surface area contributed by atoms with Crippen LogP contribution in [0.5, 0.6) is 0 Å². The van der Waals surface area contributed by atoms with Crippen LogP contribution in [-0.2, 0) is 4.74 Å². The van der Waals surface area contributed by atoms with E-state index < -0.39 is 0 Å². The Kier molecular flexibility index (Phi) is 2.87. The van der Waals surface area contributed by atoms with Crippen LogP contribution in [-0.4, -0.2) is 17.3 Å². The standard InChI is InChI=1S/C13H16N4O2/c1-18-11(7-2-3-7)12-16-13(19-17-12)8-4-9(14)6-10(15)5-8/h4-7,11H,2-3,14-15H2,1H3. The van der Waals surface area contributed by atoms with Crippen LogP contribution in [0.15, 0.2) is 22.7 Å². The molecule has 1 fully saturated rings. The third kappa shape index (κ3) is 2.39. The largest absolute Gasteiger partial charge is 0.399 e. The number of aromatic nitrogens is 2. The molecule has 100 valence electrons. The smallest absolute Gasteiger partial charge is 0.258 e. The van der Waals surface area contributed by atoms with E-state index in [4.69, 9.17) is 20.7 Å². The highest BCUT2D eigenvalue weighted by Crippen LogP contribution is 2.42. The molecule has 4 N–H and O–H groups in total. The van der Waals surface area contributed by atoms with Crippen LogP contribution in [0.25, 0.3) is 11.5 Å². The van der Waals surface area contributed by atoms with Crippen LogP contribution in [0.1, 0.15) is 24.8 Å². The molecule has 0 radical (unpaired) electrons. The SMILES string of the molecule is COC(c1noc(-c2cc(N)cc(N)c2)n1)C1CC1. The number of anilines is 2. The lowest BCUT2D eigenvalue weighted by molar-refractivity contribution is 0.0751. The quantitative estimate of drug-likeness (QED) is 0.815. The van der Waals surface area contributed by atoms with Gasteiger partial charge in [0, 0.05) is 24.0 Å². The van der Waals surface area contributed by atoms with E-state index in [1.165, 1.54) is 0 Å². The zero-order valence-corrected chi connectivity index (χ0v) is 10.7. The molecule has 2 aromatic rings. The van der Waals surface area contributed by atoms with Gasteiger partial charge in [0.1, 0.15) is 6.10 Å². The van der Waals surface area contributed by atoms with Crippen LogP contribution in [0.3, 0.4) is 0 Å². The van der Waals surface area contributed by atoms with E-state index in [1.54, 1.807) is 25.3 Å². The Morgan fingerprint density at radius 1 is 1.26 bits per heavy atom. The number of hydrogen-bond donors (Lipinski definition) is 2. The summed E-state index contributed by atoms with van der Waals surface area (Å²) < 4.78 is 10.7. The van der Waals surface area contributed by atoms with E-state index >= 15 is 0 Å². The van der Waals surface area contributed by atoms with Crippen LogP contribution in [0.4, 0.5) is 11.4 Å². The molecule has 0 aliphatic heterocycles. The van der Waals surface area contributed by atoms with Gasteiger partial charge in [0.25, 0.3) is 5.89 Å². The summed E-state index contributed by atoms with van der Waals surface area (Å²) in [7, 11) is 1.66. The summed E-state index contributed by atoms with van der Waals surface area (Å²) in [6.45, 7) is 0. The van der Waals surface area contributed by atoms with E-state index in [2.05, 4.69) is 10.1 Å². The molecule has 1 aromatic carbocycles. The maximum absolute atomic E-state index is 5.75. The van der Waals surface area contributed by atoms with Crippen LogP contribution >= 0.6 is 0 Å². The number of methoxy groups -OCH3 is 1. The highest BCUT2D eigenvalue weighted by molar-refractivity contribution is 5.67. The van der Waals surface area contributed by atoms with Gasteiger partial charge < -0.3 is 20.7 Å². The van der Waals surface area contributed by atoms with Crippen molar-refractivity contribution >= 4 is 11.4 Å². The summed E-state index contributed by atoms with van der Waals surface area (Å²) in [5, 5.41) is 3.99. The Balaban J connectivity index is 1.91. The first-order valence-electron chi connectivity index (χ1n) is 6.20. The van der Waals surface area contributed by atoms with Gasteiger partial charge in [-0.3, -0.25) is 0 Å². The summed E-state index contributed by atoms with van der Waals surface area (Å²) in [5.41, 5.74) is 13.4. The third-order valence-electron chi connectivity index (χ3n) is 3.22. The number of rotatable bonds is 4. The highest BCUT2D eigenvalue weighted by Gasteiger charge is 2.35. The Bertz CT molecular complexity index is 572. The molecule has 6 nitrogen and oxygen atoms in total. The average Bonchev–Trinajstić information content (AvgIpc) is 3.06. The molecule has 19 heavy (non-hydrogen) atoms. The maximum Gasteiger partial charge on any atom is 0.258 e. The molecule has 1 aliphatic carbocycles. The van der Waals surface area contributed by atoms with Gasteiger partial charge in [-0.2, -0.15) is 4.98 Å². The summed E-state index contributed by atoms with van der Waals surface area (Å²) in [5.74, 6) is 1.50. The fraction of sp³-hybridized carbons (Fsp3) is 0.385. The molecule has 1 heterocycles. The Hall–Kier alpha value is -2.08. The summed E-state index contributed by atoms with van der Waals surface area (Å²) in [4.78, 5) is 4.38. The van der Waals surface area contributed by atoms with Crippen molar-refractivity contribution in [2.75, 3.05) is 18.6 Å². The molecule has 0 saturated heterocycles. The van der Waals surface area contributed by atoms with Crippen LogP contribution in [0.2, 0.25) is 0 Å². The molecule has 1 saturated carbocycles. The Morgan fingerprint density at radius 2 is 1.95 bits per heavy atom. The molecule has 1 aromatic heterocycles. The summed E-state index contributed by atoms with van der Waals surface area (Å²) >= 11 is 0. The van der Waals surface area contributed by atoms with Gasteiger partial charge in [0.2, 0.25) is 5.82 Å². The monoisotopic (exact) mass is 260 g/mol. The van der Waals surface area contributed by atoms with Crippen LogP contribution in [0, 0.1) is 5.92 Å². The van der Waals surface area contributed by atoms with Crippen molar-refractivity contribution in [3.63, 3.8) is 0 Å². The number of ether oxygens (including phenoxy) is 1. The minimum atomic E-state index is -0.0871. The lowest BCUT2D eigenvalue weighted by Crippen LogP contribution is -2.05. The lowest BCUT2D eigenvalue weighted by Gasteiger charge is -2.08. The first-order valence-corrected chi connectivity index (χ1v) is 6.20. The van der Waals surface area contributed by atoms with Gasteiger partial charge in [-0.1, -0.05) is 5.16 Å². The van der Waals surface area contributed by atoms with Gasteiger partial charge >= 0.3 is 0 Å². The topological polar surface area (TPSA) is 100 Å². The normalized spacial score (nSPS) is 16.5. The zero-order chi connectivity index (χ0) is 13.4. The second-order valence-electron chi connectivity index (χ2n) is 4.84. The van der Waals surface area contributed by atoms with Crippen molar-refractivity contribution in [3.05, 3.63) is 24.0 Å². The average molecular weight is 260 g/mol. The van der Waals surface area contributed by atoms with Crippen molar-refractivity contribution in [2.45, 2.75) is 18.9 Å². The van der Waals surface area contributed by atoms with Crippen molar-refractivity contribution in [3.8, 4) is 11.5 Å². The minimum absolute atomic E-state index is 0.0871. The van der Waals surface area contributed by atoms with E-state index in [0.717, 1.165) is 18.4 Å². The predicted molar refractivity (Wildman–Crippen MR) is 71.0 cm³/mol. The summed E-state index contributed by atoms with van der Waals surface area (Å²) in [6.07, 6.45) is 2.21. The fourth-order valence-corrected chi connectivity index (χ4v) is 2.18. The van der Waals surface area contributed by atoms with Gasteiger partial charge in [0.05, 0.1) is 0 Å². The number of nitrogen functional groups attached to an aromatic ring is 2. The second-order valence-corrected chi connectivity index (χ2v) is 4.84. The van der Waals surface area contributed by atoms with Crippen molar-refractivity contribution < 1.29 is 9.26 Å². The fourth-order valence-electron chi connectivity index (χ4n) is 2.18. The number of benzene rings is 1. The first kappa shape index (κ1) is 12.0. The molecule has 0 amide bonds. The van der Waals surface area contributed by atoms with Crippen molar-refractivity contribution in [1.82, 2.24) is 10.1 Å². The van der Waals surface area contributed by atoms with Gasteiger partial charge in [-0.15, -0.1) is 0 Å². The van der Waals surface area contributed by atoms with E-state index in [1.807, 2.05) is 0 Å². The van der Waals surface area contributed by atoms with Gasteiger partial charge in [0.15, 0.2) is 0 Å². The maximum atomic E-state index is 5.75. The van der Waals surface area contributed by atoms with E-state index in [9.17, 15) is 0 Å². The predicted octanol–water partition coefficient (Wildman–Crippen LogP) is 2.00. The molecular formula is C13H16N4O2. The third-order valence-corrected chi connectivity index (χ3v) is 3.22. The Labute approximate surface area is 110 Å². The lowest BCUT2D eigenvalue weighted by atomic mass is 10.1. The second kappa shape index (κ2) is 4.55. The summed E-state index contributed by atoms with van der Waals surface area (Å²) in [6, 6.07) is 5.20. The molecule has 1 unspecified atom stereocenters. The van der Waals surface area contributed by atoms with Crippen molar-refractivity contribution in [1.29, 1.82) is 0 Å². The molecular weight excluding hydrogens is 244 g/mol. The molecule has 1 aliphatic rings. The first-order chi connectivity index (χ1) is 9.17. The molecule has 6 heteroatoms.